The third-order valence-electron chi connectivity index (χ3n) is 1.85. The molecule has 0 aliphatic heterocycles. The van der Waals surface area contributed by atoms with Crippen LogP contribution < -0.4 is 4.74 Å². The van der Waals surface area contributed by atoms with Crippen LogP contribution in [0.15, 0.2) is 24.5 Å². The Kier molecular flexibility index (Phi) is 2.69. The molecule has 1 aromatic carbocycles. The standard InChI is InChI=1S/C9H7FN4O3/c1-13-5-11-9(12-13)17-8-3-6(10)2-7(4-8)14(15)16/h2-5H,1H3. The smallest absolute Gasteiger partial charge is 0.340 e. The molecule has 0 aliphatic rings. The van der Waals surface area contributed by atoms with Crippen LogP contribution in [0.25, 0.3) is 0 Å². The van der Waals surface area contributed by atoms with Gasteiger partial charge in [-0.1, -0.05) is 0 Å². The Hall–Kier alpha value is -2.51. The van der Waals surface area contributed by atoms with Crippen LogP contribution in [-0.2, 0) is 7.05 Å². The molecule has 0 radical (unpaired) electrons. The van der Waals surface area contributed by atoms with Gasteiger partial charge in [-0.15, -0.1) is 5.10 Å². The Morgan fingerprint density at radius 2 is 2.24 bits per heavy atom. The average molecular weight is 238 g/mol. The van der Waals surface area contributed by atoms with Gasteiger partial charge in [-0.05, 0) is 0 Å². The van der Waals surface area contributed by atoms with Gasteiger partial charge >= 0.3 is 6.01 Å². The number of hydrogen-bond acceptors (Lipinski definition) is 5. The summed E-state index contributed by atoms with van der Waals surface area (Å²) in [6, 6.07) is 2.91. The van der Waals surface area contributed by atoms with Gasteiger partial charge in [0.15, 0.2) is 0 Å². The molecule has 0 fully saturated rings. The zero-order valence-electron chi connectivity index (χ0n) is 8.70. The number of nitrogens with zero attached hydrogens (tertiary/aromatic N) is 4. The molecule has 0 spiro atoms. The highest BCUT2D eigenvalue weighted by atomic mass is 19.1. The van der Waals surface area contributed by atoms with E-state index in [0.717, 1.165) is 18.2 Å². The van der Waals surface area contributed by atoms with Crippen molar-refractivity contribution in [2.24, 2.45) is 7.05 Å². The summed E-state index contributed by atoms with van der Waals surface area (Å²) in [7, 11) is 1.63. The van der Waals surface area contributed by atoms with Gasteiger partial charge in [0.05, 0.1) is 17.1 Å². The molecule has 0 aliphatic carbocycles. The first-order valence-electron chi connectivity index (χ1n) is 4.53. The third-order valence-corrected chi connectivity index (χ3v) is 1.85. The first-order chi connectivity index (χ1) is 8.04. The van der Waals surface area contributed by atoms with Gasteiger partial charge in [0, 0.05) is 13.1 Å². The van der Waals surface area contributed by atoms with E-state index >= 15 is 0 Å². The van der Waals surface area contributed by atoms with Gasteiger partial charge in [-0.25, -0.2) is 4.39 Å². The van der Waals surface area contributed by atoms with Crippen LogP contribution >= 0.6 is 0 Å². The van der Waals surface area contributed by atoms with Crippen molar-refractivity contribution in [1.29, 1.82) is 0 Å². The molecule has 2 aromatic rings. The van der Waals surface area contributed by atoms with Crippen molar-refractivity contribution in [2.45, 2.75) is 0 Å². The molecule has 17 heavy (non-hydrogen) atoms. The first kappa shape index (κ1) is 11.0. The van der Waals surface area contributed by atoms with Crippen LogP contribution in [-0.4, -0.2) is 19.7 Å². The van der Waals surface area contributed by atoms with E-state index in [0.29, 0.717) is 0 Å². The summed E-state index contributed by atoms with van der Waals surface area (Å²) in [4.78, 5) is 13.6. The molecule has 0 saturated heterocycles. The SMILES string of the molecule is Cn1cnc(Oc2cc(F)cc([N+](=O)[O-])c2)n1. The highest BCUT2D eigenvalue weighted by Crippen LogP contribution is 2.24. The molecular formula is C9H7FN4O3. The van der Waals surface area contributed by atoms with Crippen molar-refractivity contribution in [3.63, 3.8) is 0 Å². The molecule has 2 rings (SSSR count). The van der Waals surface area contributed by atoms with Crippen molar-refractivity contribution >= 4 is 5.69 Å². The third kappa shape index (κ3) is 2.54. The summed E-state index contributed by atoms with van der Waals surface area (Å²) >= 11 is 0. The maximum Gasteiger partial charge on any atom is 0.340 e. The number of rotatable bonds is 3. The fraction of sp³-hybridized carbons (Fsp3) is 0.111. The molecular weight excluding hydrogens is 231 g/mol. The zero-order valence-corrected chi connectivity index (χ0v) is 8.70. The van der Waals surface area contributed by atoms with Gasteiger partial charge in [-0.3, -0.25) is 14.8 Å². The summed E-state index contributed by atoms with van der Waals surface area (Å²) in [5.41, 5.74) is -0.393. The van der Waals surface area contributed by atoms with Crippen molar-refractivity contribution < 1.29 is 14.1 Å². The molecule has 8 heteroatoms. The topological polar surface area (TPSA) is 83.1 Å². The number of nitro groups is 1. The predicted molar refractivity (Wildman–Crippen MR) is 54.1 cm³/mol. The molecule has 88 valence electrons. The molecule has 1 heterocycles. The maximum atomic E-state index is 13.1. The molecule has 0 N–H and O–H groups in total. The number of hydrogen-bond donors (Lipinski definition) is 0. The van der Waals surface area contributed by atoms with Crippen LogP contribution in [0, 0.1) is 15.9 Å². The van der Waals surface area contributed by atoms with E-state index in [2.05, 4.69) is 10.1 Å². The molecule has 0 bridgehead atoms. The van der Waals surface area contributed by atoms with Crippen LogP contribution in [0.4, 0.5) is 10.1 Å². The number of halogens is 1. The minimum Gasteiger partial charge on any atom is -0.423 e. The van der Waals surface area contributed by atoms with E-state index in [1.165, 1.54) is 11.0 Å². The quantitative estimate of drug-likeness (QED) is 0.599. The van der Waals surface area contributed by atoms with Crippen LogP contribution in [0.3, 0.4) is 0 Å². The van der Waals surface area contributed by atoms with Crippen molar-refractivity contribution in [3.05, 3.63) is 40.5 Å². The van der Waals surface area contributed by atoms with Crippen LogP contribution in [0.5, 0.6) is 11.8 Å². The number of aromatic nitrogens is 3. The maximum absolute atomic E-state index is 13.1. The van der Waals surface area contributed by atoms with E-state index in [9.17, 15) is 14.5 Å². The highest BCUT2D eigenvalue weighted by Gasteiger charge is 2.12. The van der Waals surface area contributed by atoms with Crippen molar-refractivity contribution in [2.75, 3.05) is 0 Å². The van der Waals surface area contributed by atoms with Crippen LogP contribution in [0.2, 0.25) is 0 Å². The molecule has 0 amide bonds. The lowest BCUT2D eigenvalue weighted by molar-refractivity contribution is -0.385. The number of ether oxygens (including phenoxy) is 1. The summed E-state index contributed by atoms with van der Waals surface area (Å²) < 4.78 is 19.5. The number of aryl methyl sites for hydroxylation is 1. The number of benzene rings is 1. The Morgan fingerprint density at radius 1 is 1.47 bits per heavy atom. The first-order valence-corrected chi connectivity index (χ1v) is 4.53. The van der Waals surface area contributed by atoms with E-state index in [1.807, 2.05) is 0 Å². The summed E-state index contributed by atoms with van der Waals surface area (Å²) in [6.07, 6.45) is 1.39. The second-order valence-corrected chi connectivity index (χ2v) is 3.21. The van der Waals surface area contributed by atoms with E-state index in [-0.39, 0.29) is 11.8 Å². The lowest BCUT2D eigenvalue weighted by Gasteiger charge is -2.00. The normalized spacial score (nSPS) is 10.2. The molecule has 1 aromatic heterocycles. The monoisotopic (exact) mass is 238 g/mol. The van der Waals surface area contributed by atoms with Gasteiger partial charge in [0.25, 0.3) is 5.69 Å². The predicted octanol–water partition coefficient (Wildman–Crippen LogP) is 1.65. The minimum absolute atomic E-state index is 0.00704. The van der Waals surface area contributed by atoms with Crippen molar-refractivity contribution in [3.8, 4) is 11.8 Å². The van der Waals surface area contributed by atoms with E-state index in [4.69, 9.17) is 4.74 Å². The largest absolute Gasteiger partial charge is 0.423 e. The summed E-state index contributed by atoms with van der Waals surface area (Å²) in [5, 5.41) is 14.3. The Balaban J connectivity index is 2.29. The Morgan fingerprint density at radius 3 is 2.82 bits per heavy atom. The van der Waals surface area contributed by atoms with Gasteiger partial charge in [0.1, 0.15) is 17.9 Å². The van der Waals surface area contributed by atoms with E-state index in [1.54, 1.807) is 7.05 Å². The lowest BCUT2D eigenvalue weighted by atomic mass is 10.3. The van der Waals surface area contributed by atoms with Crippen LogP contribution in [0.1, 0.15) is 0 Å². The molecule has 0 atom stereocenters. The zero-order chi connectivity index (χ0) is 12.4. The summed E-state index contributed by atoms with van der Waals surface area (Å²) in [6.45, 7) is 0. The average Bonchev–Trinajstić information content (AvgIpc) is 2.63. The summed E-state index contributed by atoms with van der Waals surface area (Å²) in [5.74, 6) is -0.784. The lowest BCUT2D eigenvalue weighted by Crippen LogP contribution is -1.93. The minimum atomic E-state index is -0.759. The van der Waals surface area contributed by atoms with Gasteiger partial charge in [-0.2, -0.15) is 4.98 Å². The fourth-order valence-corrected chi connectivity index (χ4v) is 1.18. The Labute approximate surface area is 94.6 Å². The molecule has 0 saturated carbocycles. The van der Waals surface area contributed by atoms with Crippen molar-refractivity contribution in [1.82, 2.24) is 14.8 Å². The highest BCUT2D eigenvalue weighted by molar-refractivity contribution is 5.39. The fourth-order valence-electron chi connectivity index (χ4n) is 1.18. The Bertz CT molecular complexity index is 569. The van der Waals surface area contributed by atoms with Gasteiger partial charge in [0.2, 0.25) is 0 Å². The molecule has 7 nitrogen and oxygen atoms in total. The second kappa shape index (κ2) is 4.16. The number of non-ortho nitro benzene ring substituents is 1. The van der Waals surface area contributed by atoms with Gasteiger partial charge < -0.3 is 4.74 Å². The number of nitro benzene ring substituents is 1. The second-order valence-electron chi connectivity index (χ2n) is 3.21. The van der Waals surface area contributed by atoms with E-state index < -0.39 is 16.4 Å². The molecule has 0 unspecified atom stereocenters.